The van der Waals surface area contributed by atoms with Gasteiger partial charge >= 0.3 is 0 Å². The number of hydrogen-bond acceptors (Lipinski definition) is 3. The predicted molar refractivity (Wildman–Crippen MR) is 73.8 cm³/mol. The van der Waals surface area contributed by atoms with Crippen molar-refractivity contribution in [3.8, 4) is 0 Å². The largest absolute Gasteiger partial charge is 0.459 e. The first-order valence-corrected chi connectivity index (χ1v) is 6.42. The van der Waals surface area contributed by atoms with Crippen LogP contribution < -0.4 is 10.6 Å². The maximum Gasteiger partial charge on any atom is 0.286 e. The molecule has 19 heavy (non-hydrogen) atoms. The maximum absolute atomic E-state index is 11.5. The summed E-state index contributed by atoms with van der Waals surface area (Å²) in [5, 5.41) is 6.15. The molecule has 1 amide bonds. The Balaban J connectivity index is 1.54. The van der Waals surface area contributed by atoms with Crippen LogP contribution >= 0.6 is 0 Å². The lowest BCUT2D eigenvalue weighted by molar-refractivity contribution is 0.0925. The Morgan fingerprint density at radius 3 is 2.63 bits per heavy atom. The van der Waals surface area contributed by atoms with Crippen molar-refractivity contribution < 1.29 is 9.21 Å². The van der Waals surface area contributed by atoms with Crippen molar-refractivity contribution in [3.05, 3.63) is 60.1 Å². The van der Waals surface area contributed by atoms with E-state index in [4.69, 9.17) is 4.42 Å². The second-order valence-electron chi connectivity index (χ2n) is 4.25. The molecule has 0 aliphatic carbocycles. The molecular weight excluding hydrogens is 240 g/mol. The third-order valence-electron chi connectivity index (χ3n) is 2.73. The number of benzene rings is 1. The maximum atomic E-state index is 11.5. The van der Waals surface area contributed by atoms with E-state index in [-0.39, 0.29) is 5.91 Å². The molecule has 0 radical (unpaired) electrons. The van der Waals surface area contributed by atoms with Crippen LogP contribution in [0.1, 0.15) is 22.5 Å². The van der Waals surface area contributed by atoms with E-state index in [9.17, 15) is 4.79 Å². The molecule has 4 nitrogen and oxygen atoms in total. The van der Waals surface area contributed by atoms with Gasteiger partial charge in [0.25, 0.3) is 5.91 Å². The number of rotatable bonds is 7. The van der Waals surface area contributed by atoms with Crippen molar-refractivity contribution in [2.75, 3.05) is 13.1 Å². The van der Waals surface area contributed by atoms with Gasteiger partial charge in [-0.1, -0.05) is 30.3 Å². The minimum atomic E-state index is -0.159. The fourth-order valence-corrected chi connectivity index (χ4v) is 1.74. The number of amides is 1. The van der Waals surface area contributed by atoms with Crippen molar-refractivity contribution in [1.29, 1.82) is 0 Å². The fraction of sp³-hybridized carbons (Fsp3) is 0.267. The number of carbonyl (C=O) groups excluding carboxylic acids is 1. The van der Waals surface area contributed by atoms with Crippen molar-refractivity contribution in [1.82, 2.24) is 10.6 Å². The average molecular weight is 258 g/mol. The van der Waals surface area contributed by atoms with Crippen LogP contribution in [0.2, 0.25) is 0 Å². The first-order valence-electron chi connectivity index (χ1n) is 6.42. The van der Waals surface area contributed by atoms with Gasteiger partial charge < -0.3 is 15.1 Å². The average Bonchev–Trinajstić information content (AvgIpc) is 2.98. The van der Waals surface area contributed by atoms with Gasteiger partial charge in [0, 0.05) is 13.1 Å². The first kappa shape index (κ1) is 13.4. The summed E-state index contributed by atoms with van der Waals surface area (Å²) in [4.78, 5) is 11.5. The third-order valence-corrected chi connectivity index (χ3v) is 2.73. The summed E-state index contributed by atoms with van der Waals surface area (Å²) in [7, 11) is 0. The van der Waals surface area contributed by atoms with E-state index in [1.165, 1.54) is 11.8 Å². The van der Waals surface area contributed by atoms with Gasteiger partial charge in [0.05, 0.1) is 6.26 Å². The Hall–Kier alpha value is -2.07. The van der Waals surface area contributed by atoms with Gasteiger partial charge in [-0.05, 0) is 30.7 Å². The molecule has 0 unspecified atom stereocenters. The van der Waals surface area contributed by atoms with Crippen LogP contribution in [0.5, 0.6) is 0 Å². The molecule has 2 N–H and O–H groups in total. The van der Waals surface area contributed by atoms with E-state index < -0.39 is 0 Å². The molecule has 0 saturated heterocycles. The molecule has 0 aliphatic rings. The lowest BCUT2D eigenvalue weighted by Crippen LogP contribution is -2.26. The molecule has 1 heterocycles. The van der Waals surface area contributed by atoms with E-state index in [0.717, 1.165) is 19.5 Å². The van der Waals surface area contributed by atoms with Crippen LogP contribution in [-0.2, 0) is 6.54 Å². The zero-order valence-electron chi connectivity index (χ0n) is 10.8. The van der Waals surface area contributed by atoms with Gasteiger partial charge in [-0.25, -0.2) is 0 Å². The Morgan fingerprint density at radius 1 is 1.05 bits per heavy atom. The minimum absolute atomic E-state index is 0.159. The number of furan rings is 1. The Morgan fingerprint density at radius 2 is 1.89 bits per heavy atom. The summed E-state index contributed by atoms with van der Waals surface area (Å²) >= 11 is 0. The van der Waals surface area contributed by atoms with E-state index in [2.05, 4.69) is 22.8 Å². The number of carbonyl (C=O) groups is 1. The monoisotopic (exact) mass is 258 g/mol. The molecule has 0 bridgehead atoms. The van der Waals surface area contributed by atoms with Crippen LogP contribution in [0.25, 0.3) is 0 Å². The van der Waals surface area contributed by atoms with Gasteiger partial charge in [0.15, 0.2) is 5.76 Å². The Kier molecular flexibility index (Phi) is 5.19. The molecule has 1 aromatic carbocycles. The molecule has 0 atom stereocenters. The van der Waals surface area contributed by atoms with Gasteiger partial charge in [0.1, 0.15) is 0 Å². The standard InChI is InChI=1S/C15H18N2O2/c18-15(14-8-4-11-19-14)17-10-5-9-16-12-13-6-2-1-3-7-13/h1-4,6-8,11,16H,5,9-10,12H2,(H,17,18). The minimum Gasteiger partial charge on any atom is -0.459 e. The SMILES string of the molecule is O=C(NCCCNCc1ccccc1)c1ccco1. The van der Waals surface area contributed by atoms with Crippen molar-refractivity contribution >= 4 is 5.91 Å². The molecular formula is C15H18N2O2. The third kappa shape index (κ3) is 4.60. The summed E-state index contributed by atoms with van der Waals surface area (Å²) in [6.07, 6.45) is 2.38. The molecule has 100 valence electrons. The topological polar surface area (TPSA) is 54.3 Å². The van der Waals surface area contributed by atoms with Crippen LogP contribution in [0, 0.1) is 0 Å². The highest BCUT2D eigenvalue weighted by Gasteiger charge is 2.06. The molecule has 4 heteroatoms. The normalized spacial score (nSPS) is 10.3. The lowest BCUT2D eigenvalue weighted by Gasteiger charge is -2.05. The summed E-state index contributed by atoms with van der Waals surface area (Å²) in [6, 6.07) is 13.6. The summed E-state index contributed by atoms with van der Waals surface area (Å²) in [6.45, 7) is 2.36. The van der Waals surface area contributed by atoms with E-state index >= 15 is 0 Å². The van der Waals surface area contributed by atoms with Gasteiger partial charge in [-0.15, -0.1) is 0 Å². The lowest BCUT2D eigenvalue weighted by atomic mass is 10.2. The summed E-state index contributed by atoms with van der Waals surface area (Å²) in [5.41, 5.74) is 1.27. The molecule has 2 rings (SSSR count). The fourth-order valence-electron chi connectivity index (χ4n) is 1.74. The second kappa shape index (κ2) is 7.38. The smallest absolute Gasteiger partial charge is 0.286 e. The zero-order valence-corrected chi connectivity index (χ0v) is 10.8. The van der Waals surface area contributed by atoms with E-state index in [1.807, 2.05) is 18.2 Å². The number of nitrogens with one attached hydrogen (secondary N) is 2. The van der Waals surface area contributed by atoms with Crippen LogP contribution in [0.3, 0.4) is 0 Å². The molecule has 0 aliphatic heterocycles. The van der Waals surface area contributed by atoms with Crippen molar-refractivity contribution in [2.45, 2.75) is 13.0 Å². The van der Waals surface area contributed by atoms with Gasteiger partial charge in [-0.3, -0.25) is 4.79 Å². The summed E-state index contributed by atoms with van der Waals surface area (Å²) in [5.74, 6) is 0.199. The van der Waals surface area contributed by atoms with E-state index in [0.29, 0.717) is 12.3 Å². The summed E-state index contributed by atoms with van der Waals surface area (Å²) < 4.78 is 5.00. The highest BCUT2D eigenvalue weighted by atomic mass is 16.3. The Bertz CT molecular complexity index is 480. The quantitative estimate of drug-likeness (QED) is 0.748. The molecule has 0 spiro atoms. The van der Waals surface area contributed by atoms with Crippen molar-refractivity contribution in [2.24, 2.45) is 0 Å². The van der Waals surface area contributed by atoms with Crippen molar-refractivity contribution in [3.63, 3.8) is 0 Å². The molecule has 1 aromatic heterocycles. The Labute approximate surface area is 112 Å². The molecule has 0 fully saturated rings. The zero-order chi connectivity index (χ0) is 13.3. The van der Waals surface area contributed by atoms with E-state index in [1.54, 1.807) is 12.1 Å². The highest BCUT2D eigenvalue weighted by molar-refractivity contribution is 5.91. The predicted octanol–water partition coefficient (Wildman–Crippen LogP) is 2.19. The first-order chi connectivity index (χ1) is 9.36. The van der Waals surface area contributed by atoms with Gasteiger partial charge in [0.2, 0.25) is 0 Å². The number of hydrogen-bond donors (Lipinski definition) is 2. The van der Waals surface area contributed by atoms with Crippen LogP contribution in [0.15, 0.2) is 53.1 Å². The highest BCUT2D eigenvalue weighted by Crippen LogP contribution is 1.99. The molecule has 0 saturated carbocycles. The van der Waals surface area contributed by atoms with Gasteiger partial charge in [-0.2, -0.15) is 0 Å². The second-order valence-corrected chi connectivity index (χ2v) is 4.25. The molecule has 2 aromatic rings. The van der Waals surface area contributed by atoms with Crippen LogP contribution in [-0.4, -0.2) is 19.0 Å². The van der Waals surface area contributed by atoms with Crippen LogP contribution in [0.4, 0.5) is 0 Å².